The Bertz CT molecular complexity index is 628. The molecule has 0 unspecified atom stereocenters. The number of hydrogen-bond donors (Lipinski definition) is 1. The van der Waals surface area contributed by atoms with E-state index in [1.54, 1.807) is 30.3 Å². The maximum atomic E-state index is 11.9. The lowest BCUT2D eigenvalue weighted by molar-refractivity contribution is -0.127. The summed E-state index contributed by atoms with van der Waals surface area (Å²) in [7, 11) is 5.51. The molecule has 1 aliphatic heterocycles. The third kappa shape index (κ3) is 8.12. The summed E-state index contributed by atoms with van der Waals surface area (Å²) in [6, 6.07) is 0. The number of aryl methyl sites for hydroxylation is 1. The number of ether oxygens (including phenoxy) is 1. The summed E-state index contributed by atoms with van der Waals surface area (Å²) in [5, 5.41) is 4.55. The van der Waals surface area contributed by atoms with Gasteiger partial charge in [-0.05, 0) is 19.9 Å². The number of carbonyl (C=O) groups excluding carboxylic acids is 1. The van der Waals surface area contributed by atoms with E-state index in [0.717, 1.165) is 69.7 Å². The Labute approximate surface area is 172 Å². The fraction of sp³-hybridized carbons (Fsp3) is 0.737. The normalized spacial score (nSPS) is 15.5. The van der Waals surface area contributed by atoms with Crippen LogP contribution in [0.3, 0.4) is 0 Å². The first kappa shape index (κ1) is 22.6. The van der Waals surface area contributed by atoms with Crippen LogP contribution in [0.1, 0.15) is 16.3 Å². The van der Waals surface area contributed by atoms with E-state index >= 15 is 0 Å². The average molecular weight is 411 g/mol. The van der Waals surface area contributed by atoms with Gasteiger partial charge < -0.3 is 19.9 Å². The molecule has 0 aliphatic carbocycles. The van der Waals surface area contributed by atoms with Gasteiger partial charge >= 0.3 is 0 Å². The van der Waals surface area contributed by atoms with Crippen LogP contribution in [0.5, 0.6) is 0 Å². The highest BCUT2D eigenvalue weighted by atomic mass is 32.1. The Kier molecular flexibility index (Phi) is 9.66. The van der Waals surface area contributed by atoms with E-state index in [-0.39, 0.29) is 12.5 Å². The van der Waals surface area contributed by atoms with E-state index in [1.807, 2.05) is 13.2 Å². The number of aromatic nitrogens is 1. The van der Waals surface area contributed by atoms with E-state index in [0.29, 0.717) is 0 Å². The number of amides is 1. The summed E-state index contributed by atoms with van der Waals surface area (Å²) >= 11 is 1.73. The third-order valence-electron chi connectivity index (χ3n) is 4.59. The van der Waals surface area contributed by atoms with Crippen LogP contribution in [-0.4, -0.2) is 105 Å². The molecule has 1 aromatic rings. The number of aliphatic imine (C=N–C) groups is 1. The minimum absolute atomic E-state index is 0.00318. The van der Waals surface area contributed by atoms with E-state index in [9.17, 15) is 4.79 Å². The van der Waals surface area contributed by atoms with Gasteiger partial charge in [0.05, 0.1) is 18.2 Å². The third-order valence-corrected chi connectivity index (χ3v) is 5.57. The van der Waals surface area contributed by atoms with Crippen LogP contribution in [0.2, 0.25) is 0 Å². The summed E-state index contributed by atoms with van der Waals surface area (Å²) < 4.78 is 5.39. The fourth-order valence-corrected chi connectivity index (χ4v) is 3.59. The molecule has 1 amide bonds. The minimum Gasteiger partial charge on any atom is -0.379 e. The number of hydrogen-bond acceptors (Lipinski definition) is 6. The minimum atomic E-state index is -0.00318. The van der Waals surface area contributed by atoms with Gasteiger partial charge in [0, 0.05) is 64.8 Å². The molecular formula is C19H34N6O2S. The number of thiazole rings is 1. The predicted octanol–water partition coefficient (Wildman–Crippen LogP) is 0.682. The van der Waals surface area contributed by atoms with Crippen molar-refractivity contribution in [3.05, 3.63) is 16.1 Å². The van der Waals surface area contributed by atoms with Crippen LogP contribution in [0.4, 0.5) is 0 Å². The van der Waals surface area contributed by atoms with Crippen LogP contribution >= 0.6 is 11.3 Å². The first-order valence-corrected chi connectivity index (χ1v) is 10.7. The van der Waals surface area contributed by atoms with Crippen LogP contribution in [-0.2, 0) is 16.0 Å². The van der Waals surface area contributed by atoms with Crippen molar-refractivity contribution in [1.82, 2.24) is 25.0 Å². The molecule has 0 bridgehead atoms. The van der Waals surface area contributed by atoms with Gasteiger partial charge in [-0.2, -0.15) is 0 Å². The molecule has 1 aliphatic rings. The molecule has 2 heterocycles. The second kappa shape index (κ2) is 12.0. The number of nitrogens with zero attached hydrogens (tertiary/aromatic N) is 5. The van der Waals surface area contributed by atoms with Crippen molar-refractivity contribution >= 4 is 23.2 Å². The number of carbonyl (C=O) groups is 1. The van der Waals surface area contributed by atoms with Crippen molar-refractivity contribution in [1.29, 1.82) is 0 Å². The van der Waals surface area contributed by atoms with Gasteiger partial charge in [0.1, 0.15) is 6.54 Å². The second-order valence-corrected chi connectivity index (χ2v) is 8.52. The van der Waals surface area contributed by atoms with E-state index in [2.05, 4.69) is 32.0 Å². The maximum Gasteiger partial charge on any atom is 0.243 e. The quantitative estimate of drug-likeness (QED) is 0.367. The molecule has 1 saturated heterocycles. The monoisotopic (exact) mass is 410 g/mol. The van der Waals surface area contributed by atoms with Crippen LogP contribution in [0.15, 0.2) is 11.2 Å². The van der Waals surface area contributed by atoms with Gasteiger partial charge in [-0.1, -0.05) is 0 Å². The molecule has 158 valence electrons. The number of likely N-dealkylation sites (N-methyl/N-ethyl adjacent to an activating group) is 2. The maximum absolute atomic E-state index is 11.9. The molecule has 0 spiro atoms. The van der Waals surface area contributed by atoms with Gasteiger partial charge in [0.15, 0.2) is 5.96 Å². The van der Waals surface area contributed by atoms with Crippen molar-refractivity contribution in [2.75, 3.05) is 73.6 Å². The van der Waals surface area contributed by atoms with Crippen LogP contribution in [0.25, 0.3) is 0 Å². The zero-order valence-corrected chi connectivity index (χ0v) is 18.4. The van der Waals surface area contributed by atoms with Crippen molar-refractivity contribution in [3.63, 3.8) is 0 Å². The van der Waals surface area contributed by atoms with Crippen molar-refractivity contribution in [2.45, 2.75) is 19.8 Å². The summed E-state index contributed by atoms with van der Waals surface area (Å²) in [4.78, 5) is 28.2. The number of nitrogens with one attached hydrogen (secondary N) is 1. The molecule has 0 aromatic carbocycles. The largest absolute Gasteiger partial charge is 0.379 e. The predicted molar refractivity (Wildman–Crippen MR) is 114 cm³/mol. The molecule has 28 heavy (non-hydrogen) atoms. The molecular weight excluding hydrogens is 376 g/mol. The standard InChI is InChI=1S/C19H34N6O2S/c1-16-14-21-17(28-16)6-9-24(4)19(22-15-18(26)23(2)3)20-7-5-8-25-10-12-27-13-11-25/h14H,5-13,15H2,1-4H3,(H,20,22). The smallest absolute Gasteiger partial charge is 0.243 e. The van der Waals surface area contributed by atoms with Crippen molar-refractivity contribution < 1.29 is 9.53 Å². The molecule has 0 atom stereocenters. The molecule has 1 aromatic heterocycles. The first-order chi connectivity index (χ1) is 13.5. The molecule has 0 radical (unpaired) electrons. The van der Waals surface area contributed by atoms with Gasteiger partial charge in [-0.25, -0.2) is 9.98 Å². The van der Waals surface area contributed by atoms with E-state index in [4.69, 9.17) is 4.74 Å². The first-order valence-electron chi connectivity index (χ1n) is 9.86. The number of morpholine rings is 1. The lowest BCUT2D eigenvalue weighted by Crippen LogP contribution is -2.42. The van der Waals surface area contributed by atoms with Crippen molar-refractivity contribution in [2.24, 2.45) is 4.99 Å². The Morgan fingerprint density at radius 3 is 2.75 bits per heavy atom. The lowest BCUT2D eigenvalue weighted by Gasteiger charge is -2.27. The van der Waals surface area contributed by atoms with Gasteiger partial charge in [0.2, 0.25) is 5.91 Å². The zero-order valence-electron chi connectivity index (χ0n) is 17.6. The molecule has 1 fully saturated rings. The number of guanidine groups is 1. The molecule has 0 saturated carbocycles. The highest BCUT2D eigenvalue weighted by molar-refractivity contribution is 7.11. The van der Waals surface area contributed by atoms with E-state index in [1.165, 1.54) is 4.88 Å². The molecule has 1 N–H and O–H groups in total. The Hall–Kier alpha value is -1.71. The van der Waals surface area contributed by atoms with Gasteiger partial charge in [0.25, 0.3) is 0 Å². The lowest BCUT2D eigenvalue weighted by atomic mass is 10.3. The van der Waals surface area contributed by atoms with Crippen LogP contribution in [0, 0.1) is 6.92 Å². The summed E-state index contributed by atoms with van der Waals surface area (Å²) in [6.45, 7) is 8.56. The van der Waals surface area contributed by atoms with Crippen LogP contribution < -0.4 is 5.32 Å². The summed E-state index contributed by atoms with van der Waals surface area (Å²) in [5.41, 5.74) is 0. The Morgan fingerprint density at radius 2 is 2.11 bits per heavy atom. The van der Waals surface area contributed by atoms with Gasteiger partial charge in [-0.3, -0.25) is 9.69 Å². The Morgan fingerprint density at radius 1 is 1.36 bits per heavy atom. The van der Waals surface area contributed by atoms with Crippen molar-refractivity contribution in [3.8, 4) is 0 Å². The highest BCUT2D eigenvalue weighted by Gasteiger charge is 2.12. The number of rotatable bonds is 9. The molecule has 9 heteroatoms. The molecule has 2 rings (SSSR count). The Balaban J connectivity index is 1.83. The molecule has 8 nitrogen and oxygen atoms in total. The summed E-state index contributed by atoms with van der Waals surface area (Å²) in [5.74, 6) is 0.766. The fourth-order valence-electron chi connectivity index (χ4n) is 2.81. The summed E-state index contributed by atoms with van der Waals surface area (Å²) in [6.07, 6.45) is 3.81. The average Bonchev–Trinajstić information content (AvgIpc) is 3.11. The second-order valence-electron chi connectivity index (χ2n) is 7.20. The SMILES string of the molecule is Cc1cnc(CCN(C)C(=NCC(=O)N(C)C)NCCCN2CCOCC2)s1. The van der Waals surface area contributed by atoms with Gasteiger partial charge in [-0.15, -0.1) is 11.3 Å². The highest BCUT2D eigenvalue weighted by Crippen LogP contribution is 2.11. The zero-order chi connectivity index (χ0) is 20.4. The van der Waals surface area contributed by atoms with E-state index < -0.39 is 0 Å². The topological polar surface area (TPSA) is 73.3 Å².